The number of thiophene rings is 1. The zero-order chi connectivity index (χ0) is 26.5. The second-order valence-corrected chi connectivity index (χ2v) is 9.60. The van der Waals surface area contributed by atoms with Crippen molar-refractivity contribution < 1.29 is 19.1 Å². The number of amides is 2. The molecule has 5 rings (SSSR count). The Morgan fingerprint density at radius 2 is 1.58 bits per heavy atom. The highest BCUT2D eigenvalue weighted by Gasteiger charge is 2.17. The predicted octanol–water partition coefficient (Wildman–Crippen LogP) is 5.81. The van der Waals surface area contributed by atoms with Crippen LogP contribution in [0.25, 0.3) is 20.9 Å². The molecule has 0 aliphatic carbocycles. The number of nitrogens with one attached hydrogen (secondary N) is 2. The molecule has 9 heteroatoms. The van der Waals surface area contributed by atoms with Gasteiger partial charge in [0, 0.05) is 15.6 Å². The molecular weight excluding hydrogens is 522 g/mol. The highest BCUT2D eigenvalue weighted by molar-refractivity contribution is 7.21. The zero-order valence-electron chi connectivity index (χ0n) is 19.8. The van der Waals surface area contributed by atoms with Gasteiger partial charge in [-0.3, -0.25) is 9.59 Å². The summed E-state index contributed by atoms with van der Waals surface area (Å²) >= 11 is 7.60. The van der Waals surface area contributed by atoms with Crippen molar-refractivity contribution in [2.24, 2.45) is 5.10 Å². The summed E-state index contributed by atoms with van der Waals surface area (Å²) in [7, 11) is 0. The van der Waals surface area contributed by atoms with Gasteiger partial charge in [-0.25, -0.2) is 10.2 Å². The number of ether oxygens (including phenoxy) is 1. The normalized spacial score (nSPS) is 11.1. The minimum Gasteiger partial charge on any atom is -0.422 e. The Hall–Kier alpha value is -4.53. The number of nitrogens with zero attached hydrogens (tertiary/aromatic N) is 1. The third kappa shape index (κ3) is 5.41. The van der Waals surface area contributed by atoms with E-state index in [0.717, 1.165) is 20.9 Å². The van der Waals surface area contributed by atoms with Gasteiger partial charge in [0.1, 0.15) is 10.6 Å². The standard InChI is InChI=1S/C29H20ClN3O4S/c30-26-21-12-6-7-13-24(21)38-27(26)28(35)31-17-25(34)33-32-16-22-20-11-5-4-8-18(20)14-15-23(22)37-29(36)19-9-2-1-3-10-19/h1-16H,17H2,(H,31,35)(H,33,34)/b32-16-. The lowest BCUT2D eigenvalue weighted by molar-refractivity contribution is -0.120. The molecule has 0 aliphatic rings. The summed E-state index contributed by atoms with van der Waals surface area (Å²) in [5.41, 5.74) is 3.33. The Bertz CT molecular complexity index is 1700. The van der Waals surface area contributed by atoms with Gasteiger partial charge in [-0.1, -0.05) is 78.3 Å². The highest BCUT2D eigenvalue weighted by atomic mass is 35.5. The largest absolute Gasteiger partial charge is 0.422 e. The van der Waals surface area contributed by atoms with Gasteiger partial charge in [-0.15, -0.1) is 11.3 Å². The minimum absolute atomic E-state index is 0.295. The molecule has 0 saturated carbocycles. The third-order valence-corrected chi connectivity index (χ3v) is 7.35. The number of hydrogen-bond acceptors (Lipinski definition) is 6. The second-order valence-electron chi connectivity index (χ2n) is 8.17. The second kappa shape index (κ2) is 11.2. The molecule has 0 spiro atoms. The molecule has 1 aromatic heterocycles. The molecular formula is C29H20ClN3O4S. The first-order valence-electron chi connectivity index (χ1n) is 11.6. The Morgan fingerprint density at radius 1 is 0.868 bits per heavy atom. The van der Waals surface area contributed by atoms with Crippen LogP contribution in [0, 0.1) is 0 Å². The van der Waals surface area contributed by atoms with Crippen LogP contribution in [0.4, 0.5) is 0 Å². The number of halogens is 1. The van der Waals surface area contributed by atoms with E-state index in [1.807, 2.05) is 60.7 Å². The maximum absolute atomic E-state index is 12.6. The molecule has 7 nitrogen and oxygen atoms in total. The number of carbonyl (C=O) groups is 3. The Morgan fingerprint density at radius 3 is 2.37 bits per heavy atom. The SMILES string of the molecule is O=C(CNC(=O)c1sc2ccccc2c1Cl)N/N=C\c1c(OC(=O)c2ccccc2)ccc2ccccc12. The van der Waals surface area contributed by atoms with Crippen LogP contribution in [-0.2, 0) is 4.79 Å². The molecule has 5 aromatic rings. The van der Waals surface area contributed by atoms with Crippen LogP contribution in [0.2, 0.25) is 5.02 Å². The van der Waals surface area contributed by atoms with Crippen molar-refractivity contribution in [2.75, 3.05) is 6.54 Å². The average Bonchev–Trinajstić information content (AvgIpc) is 3.29. The quantitative estimate of drug-likeness (QED) is 0.118. The maximum atomic E-state index is 12.6. The van der Waals surface area contributed by atoms with Gasteiger partial charge < -0.3 is 10.1 Å². The van der Waals surface area contributed by atoms with E-state index in [1.165, 1.54) is 17.6 Å². The Labute approximate surface area is 226 Å². The van der Waals surface area contributed by atoms with Crippen molar-refractivity contribution >= 4 is 67.8 Å². The van der Waals surface area contributed by atoms with Crippen molar-refractivity contribution in [2.45, 2.75) is 0 Å². The van der Waals surface area contributed by atoms with E-state index >= 15 is 0 Å². The number of esters is 1. The van der Waals surface area contributed by atoms with Crippen LogP contribution >= 0.6 is 22.9 Å². The molecule has 0 radical (unpaired) electrons. The van der Waals surface area contributed by atoms with Crippen molar-refractivity contribution in [3.05, 3.63) is 112 Å². The van der Waals surface area contributed by atoms with Crippen LogP contribution in [0.15, 0.2) is 96.1 Å². The van der Waals surface area contributed by atoms with Crippen molar-refractivity contribution in [1.29, 1.82) is 0 Å². The molecule has 2 N–H and O–H groups in total. The van der Waals surface area contributed by atoms with Gasteiger partial charge in [0.05, 0.1) is 23.3 Å². The highest BCUT2D eigenvalue weighted by Crippen LogP contribution is 2.35. The molecule has 38 heavy (non-hydrogen) atoms. The summed E-state index contributed by atoms with van der Waals surface area (Å²) in [5.74, 6) is -1.19. The first-order chi connectivity index (χ1) is 18.5. The average molecular weight is 542 g/mol. The summed E-state index contributed by atoms with van der Waals surface area (Å²) < 4.78 is 6.53. The maximum Gasteiger partial charge on any atom is 0.343 e. The van der Waals surface area contributed by atoms with Crippen LogP contribution < -0.4 is 15.5 Å². The lowest BCUT2D eigenvalue weighted by Crippen LogP contribution is -2.34. The van der Waals surface area contributed by atoms with E-state index in [-0.39, 0.29) is 6.54 Å². The molecule has 0 unspecified atom stereocenters. The molecule has 4 aromatic carbocycles. The zero-order valence-corrected chi connectivity index (χ0v) is 21.4. The summed E-state index contributed by atoms with van der Waals surface area (Å²) in [6.07, 6.45) is 1.42. The predicted molar refractivity (Wildman–Crippen MR) is 150 cm³/mol. The molecule has 0 aliphatic heterocycles. The molecule has 0 saturated heterocycles. The fourth-order valence-corrected chi connectivity index (χ4v) is 5.27. The van der Waals surface area contributed by atoms with E-state index in [0.29, 0.717) is 26.8 Å². The lowest BCUT2D eigenvalue weighted by Gasteiger charge is -2.10. The summed E-state index contributed by atoms with van der Waals surface area (Å²) in [6, 6.07) is 27.1. The molecule has 0 fully saturated rings. The number of benzene rings is 4. The fourth-order valence-electron chi connectivity index (χ4n) is 3.84. The van der Waals surface area contributed by atoms with Gasteiger partial charge in [-0.05, 0) is 35.0 Å². The molecule has 188 valence electrons. The number of hydrogen-bond donors (Lipinski definition) is 2. The van der Waals surface area contributed by atoms with Gasteiger partial charge in [0.25, 0.3) is 11.8 Å². The number of fused-ring (bicyclic) bond motifs is 2. The van der Waals surface area contributed by atoms with E-state index in [4.69, 9.17) is 16.3 Å². The third-order valence-electron chi connectivity index (χ3n) is 5.68. The topological polar surface area (TPSA) is 96.9 Å². The number of hydrazone groups is 1. The van der Waals surface area contributed by atoms with Gasteiger partial charge in [-0.2, -0.15) is 5.10 Å². The molecule has 0 atom stereocenters. The van der Waals surface area contributed by atoms with Crippen molar-refractivity contribution in [3.63, 3.8) is 0 Å². The first-order valence-corrected chi connectivity index (χ1v) is 12.8. The summed E-state index contributed by atoms with van der Waals surface area (Å²) in [4.78, 5) is 38.0. The van der Waals surface area contributed by atoms with Crippen LogP contribution in [0.1, 0.15) is 25.6 Å². The summed E-state index contributed by atoms with van der Waals surface area (Å²) in [6.45, 7) is -0.299. The smallest absolute Gasteiger partial charge is 0.343 e. The van der Waals surface area contributed by atoms with Crippen LogP contribution in [-0.4, -0.2) is 30.5 Å². The summed E-state index contributed by atoms with van der Waals surface area (Å²) in [5, 5.41) is 9.45. The van der Waals surface area contributed by atoms with Crippen molar-refractivity contribution in [1.82, 2.24) is 10.7 Å². The number of carbonyl (C=O) groups excluding carboxylic acids is 3. The fraction of sp³-hybridized carbons (Fsp3) is 0.0345. The molecule has 2 amide bonds. The minimum atomic E-state index is -0.532. The van der Waals surface area contributed by atoms with Crippen LogP contribution in [0.5, 0.6) is 5.75 Å². The lowest BCUT2D eigenvalue weighted by atomic mass is 10.0. The Balaban J connectivity index is 1.28. The Kier molecular flexibility index (Phi) is 7.44. The number of rotatable bonds is 7. The van der Waals surface area contributed by atoms with Gasteiger partial charge in [0.15, 0.2) is 0 Å². The van der Waals surface area contributed by atoms with E-state index in [1.54, 1.807) is 30.3 Å². The van der Waals surface area contributed by atoms with Gasteiger partial charge >= 0.3 is 5.97 Å². The van der Waals surface area contributed by atoms with Gasteiger partial charge in [0.2, 0.25) is 0 Å². The molecule has 0 bridgehead atoms. The van der Waals surface area contributed by atoms with E-state index in [2.05, 4.69) is 15.8 Å². The van der Waals surface area contributed by atoms with E-state index in [9.17, 15) is 14.4 Å². The van der Waals surface area contributed by atoms with E-state index < -0.39 is 17.8 Å². The molecule has 1 heterocycles. The van der Waals surface area contributed by atoms with Crippen molar-refractivity contribution in [3.8, 4) is 5.75 Å². The first kappa shape index (κ1) is 25.1. The monoisotopic (exact) mass is 541 g/mol. The van der Waals surface area contributed by atoms with Crippen LogP contribution in [0.3, 0.4) is 0 Å².